The summed E-state index contributed by atoms with van der Waals surface area (Å²) < 4.78 is 5.05. The fraction of sp³-hybridized carbons (Fsp3) is 0.154. The molecule has 5 heteroatoms. The first kappa shape index (κ1) is 12.0. The summed E-state index contributed by atoms with van der Waals surface area (Å²) >= 11 is 0. The quantitative estimate of drug-likeness (QED) is 0.759. The lowest BCUT2D eigenvalue weighted by atomic mass is 9.92. The molecule has 1 unspecified atom stereocenters. The van der Waals surface area contributed by atoms with Crippen LogP contribution in [0.3, 0.4) is 0 Å². The van der Waals surface area contributed by atoms with Crippen LogP contribution in [-0.2, 0) is 14.3 Å². The van der Waals surface area contributed by atoms with Crippen LogP contribution >= 0.6 is 0 Å². The van der Waals surface area contributed by atoms with E-state index in [0.717, 1.165) is 6.08 Å². The second-order valence-corrected chi connectivity index (χ2v) is 3.77. The molecule has 1 aliphatic carbocycles. The molecule has 1 N–H and O–H groups in total. The second-order valence-electron chi connectivity index (χ2n) is 3.77. The third kappa shape index (κ3) is 2.45. The molecule has 92 valence electrons. The Balaban J connectivity index is 2.26. The number of allylic oxidation sites excluding steroid dienone is 4. The number of hydrogen-bond donors (Lipinski definition) is 1. The lowest BCUT2D eigenvalue weighted by molar-refractivity contribution is -0.131. The number of carbonyl (C=O) groups excluding carboxylic acids is 1. The highest BCUT2D eigenvalue weighted by atomic mass is 16.5. The maximum Gasteiger partial charge on any atom is 0.328 e. The largest absolute Gasteiger partial charge is 0.497 e. The predicted molar refractivity (Wildman–Crippen MR) is 65.0 cm³/mol. The number of hydrogen-bond acceptors (Lipinski definition) is 3. The summed E-state index contributed by atoms with van der Waals surface area (Å²) in [6.07, 6.45) is 9.19. The fourth-order valence-electron chi connectivity index (χ4n) is 1.70. The van der Waals surface area contributed by atoms with Crippen molar-refractivity contribution in [2.45, 2.75) is 0 Å². The zero-order valence-electron chi connectivity index (χ0n) is 9.66. The van der Waals surface area contributed by atoms with Crippen molar-refractivity contribution in [3.63, 3.8) is 0 Å². The monoisotopic (exact) mass is 245 g/mol. The number of nitrogens with zero attached hydrogens (tertiary/aromatic N) is 1. The summed E-state index contributed by atoms with van der Waals surface area (Å²) in [5.74, 6) is -1.02. The number of fused-ring (bicyclic) bond motifs is 1. The van der Waals surface area contributed by atoms with Crippen molar-refractivity contribution in [2.24, 2.45) is 10.9 Å². The van der Waals surface area contributed by atoms with Crippen LogP contribution in [-0.4, -0.2) is 29.8 Å². The number of carboxylic acid groups (broad SMARTS) is 1. The lowest BCUT2D eigenvalue weighted by Crippen LogP contribution is -2.20. The van der Waals surface area contributed by atoms with Gasteiger partial charge in [-0.05, 0) is 12.2 Å². The van der Waals surface area contributed by atoms with Crippen LogP contribution < -0.4 is 0 Å². The molecular formula is C13H11NO4. The first-order valence-electron chi connectivity index (χ1n) is 5.30. The van der Waals surface area contributed by atoms with Gasteiger partial charge in [-0.25, -0.2) is 9.79 Å². The van der Waals surface area contributed by atoms with Gasteiger partial charge < -0.3 is 9.84 Å². The minimum Gasteiger partial charge on any atom is -0.497 e. The minimum atomic E-state index is -1.10. The number of aliphatic imine (C=N–C) groups is 1. The predicted octanol–water partition coefficient (Wildman–Crippen LogP) is 1.25. The standard InChI is InChI=1S/C13H11NO4/c1-18-10-4-2-8-6-9(3-5-12(15)16)13(17)14-11(8)7-10/h2-8H,1H3,(H,15,16)/b5-3+. The van der Waals surface area contributed by atoms with E-state index in [1.807, 2.05) is 6.08 Å². The van der Waals surface area contributed by atoms with Gasteiger partial charge in [-0.2, -0.15) is 0 Å². The van der Waals surface area contributed by atoms with E-state index in [9.17, 15) is 9.59 Å². The molecule has 0 aromatic carbocycles. The van der Waals surface area contributed by atoms with Gasteiger partial charge in [-0.15, -0.1) is 0 Å². The molecule has 0 saturated heterocycles. The normalized spacial score (nSPS) is 22.2. The summed E-state index contributed by atoms with van der Waals surface area (Å²) in [6.45, 7) is 0. The lowest BCUT2D eigenvalue weighted by Gasteiger charge is -2.18. The highest BCUT2D eigenvalue weighted by Gasteiger charge is 2.22. The van der Waals surface area contributed by atoms with E-state index in [-0.39, 0.29) is 11.5 Å². The molecule has 1 amide bonds. The van der Waals surface area contributed by atoms with Crippen LogP contribution in [0.15, 0.2) is 52.8 Å². The molecule has 0 aromatic rings. The van der Waals surface area contributed by atoms with Crippen LogP contribution in [0.1, 0.15) is 0 Å². The van der Waals surface area contributed by atoms with Crippen molar-refractivity contribution in [3.8, 4) is 0 Å². The third-order valence-corrected chi connectivity index (χ3v) is 2.58. The fourth-order valence-corrected chi connectivity index (χ4v) is 1.70. The number of methoxy groups -OCH3 is 1. The van der Waals surface area contributed by atoms with Gasteiger partial charge in [0.2, 0.25) is 0 Å². The van der Waals surface area contributed by atoms with Gasteiger partial charge in [0.05, 0.1) is 12.8 Å². The van der Waals surface area contributed by atoms with Crippen LogP contribution in [0.5, 0.6) is 0 Å². The zero-order chi connectivity index (χ0) is 13.1. The molecule has 1 atom stereocenters. The van der Waals surface area contributed by atoms with Gasteiger partial charge in [-0.1, -0.05) is 12.2 Å². The Morgan fingerprint density at radius 2 is 2.33 bits per heavy atom. The average Bonchev–Trinajstić information content (AvgIpc) is 2.35. The number of aliphatic carboxylic acids is 1. The number of amides is 1. The Bertz CT molecular complexity index is 549. The van der Waals surface area contributed by atoms with Crippen molar-refractivity contribution in [2.75, 3.05) is 7.11 Å². The van der Waals surface area contributed by atoms with Gasteiger partial charge in [-0.3, -0.25) is 4.79 Å². The maximum atomic E-state index is 11.7. The Morgan fingerprint density at radius 1 is 1.56 bits per heavy atom. The van der Waals surface area contributed by atoms with Crippen LogP contribution in [0, 0.1) is 5.92 Å². The third-order valence-electron chi connectivity index (χ3n) is 2.58. The average molecular weight is 245 g/mol. The van der Waals surface area contributed by atoms with E-state index in [2.05, 4.69) is 4.99 Å². The zero-order valence-corrected chi connectivity index (χ0v) is 9.66. The SMILES string of the molecule is COC1=CC2=NC(=O)C(/C=C/C(=O)O)=CC2C=C1. The highest BCUT2D eigenvalue weighted by molar-refractivity contribution is 6.14. The molecule has 18 heavy (non-hydrogen) atoms. The molecule has 0 aromatic heterocycles. The number of ether oxygens (including phenoxy) is 1. The van der Waals surface area contributed by atoms with Crippen molar-refractivity contribution in [3.05, 3.63) is 47.8 Å². The van der Waals surface area contributed by atoms with Gasteiger partial charge in [0.1, 0.15) is 5.76 Å². The first-order chi connectivity index (χ1) is 8.60. The van der Waals surface area contributed by atoms with E-state index in [1.165, 1.54) is 6.08 Å². The number of dihydropyridines is 1. The topological polar surface area (TPSA) is 76.0 Å². The van der Waals surface area contributed by atoms with Crippen LogP contribution in [0.25, 0.3) is 0 Å². The number of rotatable bonds is 3. The Hall–Kier alpha value is -2.43. The molecule has 1 aliphatic heterocycles. The van der Waals surface area contributed by atoms with Crippen LogP contribution in [0.4, 0.5) is 0 Å². The molecule has 0 saturated carbocycles. The summed E-state index contributed by atoms with van der Waals surface area (Å²) in [5, 5.41) is 8.53. The Morgan fingerprint density at radius 3 is 3.00 bits per heavy atom. The second kappa shape index (κ2) is 4.83. The van der Waals surface area contributed by atoms with E-state index in [1.54, 1.807) is 25.3 Å². The van der Waals surface area contributed by atoms with Gasteiger partial charge >= 0.3 is 5.97 Å². The summed E-state index contributed by atoms with van der Waals surface area (Å²) in [4.78, 5) is 26.0. The minimum absolute atomic E-state index is 0.116. The molecule has 0 spiro atoms. The molecule has 0 bridgehead atoms. The van der Waals surface area contributed by atoms with Gasteiger partial charge in [0.25, 0.3) is 5.91 Å². The van der Waals surface area contributed by atoms with Crippen molar-refractivity contribution in [1.82, 2.24) is 0 Å². The van der Waals surface area contributed by atoms with E-state index >= 15 is 0 Å². The maximum absolute atomic E-state index is 11.7. The molecule has 5 nitrogen and oxygen atoms in total. The van der Waals surface area contributed by atoms with Crippen molar-refractivity contribution in [1.29, 1.82) is 0 Å². The van der Waals surface area contributed by atoms with Crippen LogP contribution in [0.2, 0.25) is 0 Å². The molecule has 1 heterocycles. The Kier molecular flexibility index (Phi) is 3.23. The van der Waals surface area contributed by atoms with E-state index < -0.39 is 11.9 Å². The summed E-state index contributed by atoms with van der Waals surface area (Å²) in [5.41, 5.74) is 0.886. The highest BCUT2D eigenvalue weighted by Crippen LogP contribution is 2.22. The van der Waals surface area contributed by atoms with Crippen molar-refractivity contribution >= 4 is 17.6 Å². The summed E-state index contributed by atoms with van der Waals surface area (Å²) in [6, 6.07) is 0. The van der Waals surface area contributed by atoms with E-state index in [0.29, 0.717) is 11.5 Å². The Labute approximate surface area is 103 Å². The molecule has 0 radical (unpaired) electrons. The molecule has 2 rings (SSSR count). The summed E-state index contributed by atoms with van der Waals surface area (Å²) in [7, 11) is 1.54. The van der Waals surface area contributed by atoms with Gasteiger partial charge in [0.15, 0.2) is 0 Å². The molecule has 0 fully saturated rings. The van der Waals surface area contributed by atoms with E-state index in [4.69, 9.17) is 9.84 Å². The number of carbonyl (C=O) groups is 2. The molecular weight excluding hydrogens is 234 g/mol. The van der Waals surface area contributed by atoms with Crippen molar-refractivity contribution < 1.29 is 19.4 Å². The number of carboxylic acids is 1. The first-order valence-corrected chi connectivity index (χ1v) is 5.30. The van der Waals surface area contributed by atoms with Gasteiger partial charge in [0, 0.05) is 23.6 Å². The smallest absolute Gasteiger partial charge is 0.328 e. The molecule has 2 aliphatic rings.